The number of fused-ring (bicyclic) bond motifs is 4. The number of furan rings is 1. The first-order valence-corrected chi connectivity index (χ1v) is 19.0. The zero-order valence-corrected chi connectivity index (χ0v) is 30.4. The van der Waals surface area contributed by atoms with Gasteiger partial charge in [0.25, 0.3) is 0 Å². The maximum absolute atomic E-state index is 6.51. The van der Waals surface area contributed by atoms with Gasteiger partial charge in [0.1, 0.15) is 16.8 Å². The molecule has 12 aromatic rings. The van der Waals surface area contributed by atoms with Crippen LogP contribution in [0.3, 0.4) is 0 Å². The second-order valence-corrected chi connectivity index (χ2v) is 14.5. The normalized spacial score (nSPS) is 11.9. The average molecular weight is 728 g/mol. The summed E-state index contributed by atoms with van der Waals surface area (Å²) in [5.74, 6) is 1.32. The number of hydrogen-bond acceptors (Lipinski definition) is 6. The van der Waals surface area contributed by atoms with Gasteiger partial charge in [-0.05, 0) is 79.8 Å². The van der Waals surface area contributed by atoms with E-state index in [4.69, 9.17) is 24.4 Å². The van der Waals surface area contributed by atoms with Crippen molar-refractivity contribution in [2.75, 3.05) is 0 Å². The molecule has 8 aromatic carbocycles. The second kappa shape index (κ2) is 12.3. The molecule has 0 aliphatic carbocycles. The molecule has 0 N–H and O–H groups in total. The van der Waals surface area contributed by atoms with Gasteiger partial charge in [0.15, 0.2) is 17.2 Å². The molecule has 0 fully saturated rings. The highest BCUT2D eigenvalue weighted by atomic mass is 16.3. The van der Waals surface area contributed by atoms with Crippen LogP contribution in [0.5, 0.6) is 0 Å². The van der Waals surface area contributed by atoms with Crippen LogP contribution in [-0.2, 0) is 0 Å². The highest BCUT2D eigenvalue weighted by Gasteiger charge is 2.20. The van der Waals surface area contributed by atoms with Gasteiger partial charge in [0.2, 0.25) is 0 Å². The Morgan fingerprint density at radius 3 is 1.75 bits per heavy atom. The first-order valence-electron chi connectivity index (χ1n) is 19.0. The van der Waals surface area contributed by atoms with E-state index in [1.54, 1.807) is 6.20 Å². The van der Waals surface area contributed by atoms with E-state index >= 15 is 0 Å². The summed E-state index contributed by atoms with van der Waals surface area (Å²) in [6.07, 6.45) is 3.66. The summed E-state index contributed by atoms with van der Waals surface area (Å²) in [5.41, 5.74) is 10.7. The molecule has 0 unspecified atom stereocenters. The Morgan fingerprint density at radius 1 is 0.386 bits per heavy atom. The van der Waals surface area contributed by atoms with Crippen LogP contribution in [0.15, 0.2) is 181 Å². The third-order valence-corrected chi connectivity index (χ3v) is 11.1. The molecular formula is C51H29N5O. The Labute approximate surface area is 326 Å². The third-order valence-electron chi connectivity index (χ3n) is 11.1. The van der Waals surface area contributed by atoms with E-state index in [1.165, 1.54) is 32.3 Å². The fourth-order valence-corrected chi connectivity index (χ4v) is 8.36. The Kier molecular flexibility index (Phi) is 6.83. The SMILES string of the molecule is c1cncc(-c2ccc(-c3nc(-c4ccc(-c5nc(-c6cc7ccc8cccc9ccc(c6)c7c89)nc6c5oc5ccccc56)cc4)c4ccccc4n3)cc2)c1. The van der Waals surface area contributed by atoms with Crippen LogP contribution >= 0.6 is 0 Å². The smallest absolute Gasteiger partial charge is 0.180 e. The average Bonchev–Trinajstić information content (AvgIpc) is 3.66. The summed E-state index contributed by atoms with van der Waals surface area (Å²) in [6.45, 7) is 0. The van der Waals surface area contributed by atoms with Gasteiger partial charge in [-0.2, -0.15) is 0 Å². The van der Waals surface area contributed by atoms with Gasteiger partial charge < -0.3 is 4.42 Å². The highest BCUT2D eigenvalue weighted by Crippen LogP contribution is 2.40. The lowest BCUT2D eigenvalue weighted by Gasteiger charge is -2.13. The van der Waals surface area contributed by atoms with Crippen molar-refractivity contribution < 1.29 is 4.42 Å². The predicted molar refractivity (Wildman–Crippen MR) is 231 cm³/mol. The molecule has 0 saturated heterocycles. The Hall–Kier alpha value is -7.83. The lowest BCUT2D eigenvalue weighted by atomic mass is 9.93. The highest BCUT2D eigenvalue weighted by molar-refractivity contribution is 6.23. The molecule has 6 nitrogen and oxygen atoms in total. The zero-order valence-electron chi connectivity index (χ0n) is 30.4. The molecule has 0 radical (unpaired) electrons. The van der Waals surface area contributed by atoms with Crippen molar-refractivity contribution in [1.82, 2.24) is 24.9 Å². The summed E-state index contributed by atoms with van der Waals surface area (Å²) in [7, 11) is 0. The van der Waals surface area contributed by atoms with Crippen molar-refractivity contribution in [3.63, 3.8) is 0 Å². The number of aromatic nitrogens is 5. The van der Waals surface area contributed by atoms with Crippen LogP contribution in [0.4, 0.5) is 0 Å². The van der Waals surface area contributed by atoms with E-state index in [9.17, 15) is 0 Å². The molecule has 57 heavy (non-hydrogen) atoms. The Morgan fingerprint density at radius 2 is 1.00 bits per heavy atom. The van der Waals surface area contributed by atoms with Crippen LogP contribution in [-0.4, -0.2) is 24.9 Å². The van der Waals surface area contributed by atoms with Crippen molar-refractivity contribution in [3.8, 4) is 56.4 Å². The molecule has 264 valence electrons. The molecule has 0 atom stereocenters. The topological polar surface area (TPSA) is 77.6 Å². The van der Waals surface area contributed by atoms with Crippen molar-refractivity contribution in [2.24, 2.45) is 0 Å². The zero-order chi connectivity index (χ0) is 37.5. The minimum Gasteiger partial charge on any atom is -0.452 e. The van der Waals surface area contributed by atoms with E-state index < -0.39 is 0 Å². The van der Waals surface area contributed by atoms with Crippen molar-refractivity contribution in [2.45, 2.75) is 0 Å². The molecule has 0 saturated carbocycles. The maximum atomic E-state index is 6.51. The number of nitrogens with zero attached hydrogens (tertiary/aromatic N) is 5. The van der Waals surface area contributed by atoms with Crippen LogP contribution in [0.1, 0.15) is 0 Å². The fourth-order valence-electron chi connectivity index (χ4n) is 8.36. The Balaban J connectivity index is 0.989. The standard InChI is InChI=1S/C51H29N5O/c1-3-12-42-40(10-1)46(54-50(53-42)35-22-14-30(15-23-35)38-9-6-26-52-29-38)33-18-20-34(21-19-33)47-49-48(41-11-2-4-13-43(41)57-49)56-51(55-47)39-27-36-24-16-31-7-5-8-32-17-25-37(28-39)45(36)44(31)32/h1-29H. The van der Waals surface area contributed by atoms with Crippen LogP contribution in [0, 0.1) is 0 Å². The number of rotatable bonds is 5. The Bertz CT molecular complexity index is 3440. The molecule has 4 aromatic heterocycles. The van der Waals surface area contributed by atoms with Crippen molar-refractivity contribution >= 4 is 65.3 Å². The maximum Gasteiger partial charge on any atom is 0.180 e. The first-order chi connectivity index (χ1) is 28.2. The summed E-state index contributed by atoms with van der Waals surface area (Å²) in [5, 5.41) is 9.32. The van der Waals surface area contributed by atoms with Crippen molar-refractivity contribution in [3.05, 3.63) is 176 Å². The number of pyridine rings is 1. The van der Waals surface area contributed by atoms with Gasteiger partial charge >= 0.3 is 0 Å². The van der Waals surface area contributed by atoms with E-state index in [0.717, 1.165) is 72.2 Å². The minimum absolute atomic E-state index is 0.652. The molecule has 12 rings (SSSR count). The lowest BCUT2D eigenvalue weighted by molar-refractivity contribution is 0.667. The number of benzene rings is 8. The van der Waals surface area contributed by atoms with E-state index in [-0.39, 0.29) is 0 Å². The predicted octanol–water partition coefficient (Wildman–Crippen LogP) is 12.9. The quantitative estimate of drug-likeness (QED) is 0.164. The molecule has 6 heteroatoms. The van der Waals surface area contributed by atoms with Crippen LogP contribution in [0.25, 0.3) is 122 Å². The molecular weight excluding hydrogens is 699 g/mol. The summed E-state index contributed by atoms with van der Waals surface area (Å²) >= 11 is 0. The van der Waals surface area contributed by atoms with Crippen LogP contribution in [0.2, 0.25) is 0 Å². The molecule has 0 aliphatic heterocycles. The summed E-state index contributed by atoms with van der Waals surface area (Å²) in [4.78, 5) is 24.9. The van der Waals surface area contributed by atoms with E-state index in [1.807, 2.05) is 48.7 Å². The lowest BCUT2D eigenvalue weighted by Crippen LogP contribution is -1.96. The first kappa shape index (κ1) is 31.5. The largest absolute Gasteiger partial charge is 0.452 e. The van der Waals surface area contributed by atoms with Gasteiger partial charge in [0.05, 0.1) is 11.2 Å². The van der Waals surface area contributed by atoms with Gasteiger partial charge in [-0.3, -0.25) is 4.98 Å². The van der Waals surface area contributed by atoms with E-state index in [2.05, 4.69) is 126 Å². The minimum atomic E-state index is 0.652. The van der Waals surface area contributed by atoms with Gasteiger partial charge in [-0.15, -0.1) is 0 Å². The van der Waals surface area contributed by atoms with E-state index in [0.29, 0.717) is 17.2 Å². The molecule has 4 heterocycles. The van der Waals surface area contributed by atoms with Crippen molar-refractivity contribution in [1.29, 1.82) is 0 Å². The fraction of sp³-hybridized carbons (Fsp3) is 0. The van der Waals surface area contributed by atoms with Gasteiger partial charge in [-0.1, -0.05) is 127 Å². The third kappa shape index (κ3) is 5.08. The monoisotopic (exact) mass is 727 g/mol. The summed E-state index contributed by atoms with van der Waals surface area (Å²) < 4.78 is 6.51. The summed E-state index contributed by atoms with van der Waals surface area (Å²) in [6, 6.07) is 56.8. The van der Waals surface area contributed by atoms with Gasteiger partial charge in [0, 0.05) is 45.4 Å². The molecule has 0 spiro atoms. The van der Waals surface area contributed by atoms with Crippen LogP contribution < -0.4 is 0 Å². The number of hydrogen-bond donors (Lipinski definition) is 0. The number of para-hydroxylation sites is 2. The molecule has 0 aliphatic rings. The van der Waals surface area contributed by atoms with Gasteiger partial charge in [-0.25, -0.2) is 19.9 Å². The second-order valence-electron chi connectivity index (χ2n) is 14.5. The molecule has 0 bridgehead atoms. The molecule has 0 amide bonds.